The van der Waals surface area contributed by atoms with Gasteiger partial charge in [-0.05, 0) is 0 Å². The fourth-order valence-corrected chi connectivity index (χ4v) is 3.90. The Morgan fingerprint density at radius 1 is 1.02 bits per heavy atom. The molecule has 2 aromatic rings. The van der Waals surface area contributed by atoms with Crippen molar-refractivity contribution in [3.63, 3.8) is 0 Å². The molecule has 7 N–H and O–H groups in total. The first-order chi connectivity index (χ1) is 21.7. The van der Waals surface area contributed by atoms with Gasteiger partial charge in [-0.3, -0.25) is 48.4 Å². The Bertz CT molecular complexity index is 1550. The van der Waals surface area contributed by atoms with Crippen LogP contribution in [-0.2, 0) is 43.0 Å². The molecule has 1 aliphatic heterocycles. The molecule has 3 atom stereocenters. The summed E-state index contributed by atoms with van der Waals surface area (Å²) in [4.78, 5) is 105. The molecule has 1 aliphatic rings. The maximum absolute atomic E-state index is 12.6. The first-order valence-corrected chi connectivity index (χ1v) is 13.7. The second-order valence-corrected chi connectivity index (χ2v) is 10.1. The summed E-state index contributed by atoms with van der Waals surface area (Å²) in [5, 5.41) is 26.1. The quantitative estimate of drug-likeness (QED) is 0.101. The van der Waals surface area contributed by atoms with E-state index in [1.165, 1.54) is 10.9 Å². The minimum Gasteiger partial charge on any atom is -0.480 e. The van der Waals surface area contributed by atoms with Crippen LogP contribution in [0.15, 0.2) is 11.1 Å². The van der Waals surface area contributed by atoms with E-state index >= 15 is 0 Å². The van der Waals surface area contributed by atoms with Gasteiger partial charge in [0, 0.05) is 18.8 Å². The van der Waals surface area contributed by atoms with E-state index in [2.05, 4.69) is 36.2 Å². The van der Waals surface area contributed by atoms with Crippen LogP contribution in [0.3, 0.4) is 0 Å². The second kappa shape index (κ2) is 15.9. The molecule has 0 bridgehead atoms. The van der Waals surface area contributed by atoms with Crippen LogP contribution < -0.4 is 26.8 Å². The zero-order valence-corrected chi connectivity index (χ0v) is 24.6. The van der Waals surface area contributed by atoms with Gasteiger partial charge in [0.25, 0.3) is 5.56 Å². The normalized spacial score (nSPS) is 17.2. The largest absolute Gasteiger partial charge is 0.480 e. The summed E-state index contributed by atoms with van der Waals surface area (Å²) < 4.78 is 17.9. The molecule has 1 saturated heterocycles. The van der Waals surface area contributed by atoms with Gasteiger partial charge < -0.3 is 40.4 Å². The van der Waals surface area contributed by atoms with Crippen molar-refractivity contribution in [2.24, 2.45) is 5.92 Å². The number of aromatic amines is 1. The number of ether oxygens (including phenoxy) is 3. The van der Waals surface area contributed by atoms with Gasteiger partial charge in [-0.15, -0.1) is 0 Å². The number of hydrogen-bond donors (Lipinski definition) is 7. The maximum atomic E-state index is 12.6. The van der Waals surface area contributed by atoms with Crippen molar-refractivity contribution in [3.05, 3.63) is 16.7 Å². The third-order valence-electron chi connectivity index (χ3n) is 6.18. The molecule has 21 heteroatoms. The Balaban J connectivity index is 1.73. The van der Waals surface area contributed by atoms with Crippen molar-refractivity contribution in [1.29, 1.82) is 0 Å². The minimum absolute atomic E-state index is 0.0103. The molecule has 0 aliphatic carbocycles. The third-order valence-corrected chi connectivity index (χ3v) is 6.18. The average Bonchev–Trinajstić information content (AvgIpc) is 3.59. The summed E-state index contributed by atoms with van der Waals surface area (Å²) >= 11 is 0. The van der Waals surface area contributed by atoms with E-state index in [0.717, 1.165) is 0 Å². The van der Waals surface area contributed by atoms with Crippen LogP contribution in [0.4, 0.5) is 10.7 Å². The SMILES string of the molecule is CC(C)C(=O)Nc1nc2c(ncn2C2CC(OC(=O)NCC(=O)NCC(=O)O)C(COC(=O)CCC(=O)NCC(=O)O)O2)c(=O)[nH]1. The molecule has 3 heterocycles. The summed E-state index contributed by atoms with van der Waals surface area (Å²) in [5.74, 6) is -5.88. The van der Waals surface area contributed by atoms with Crippen molar-refractivity contribution in [1.82, 2.24) is 35.5 Å². The number of alkyl carbamates (subject to hydrolysis) is 1. The number of amides is 4. The highest BCUT2D eigenvalue weighted by Crippen LogP contribution is 2.33. The number of carboxylic acids is 2. The number of carbonyl (C=O) groups excluding carboxylic acids is 5. The summed E-state index contributed by atoms with van der Waals surface area (Å²) in [5.41, 5.74) is -0.743. The van der Waals surface area contributed by atoms with Gasteiger partial charge in [-0.2, -0.15) is 4.98 Å². The van der Waals surface area contributed by atoms with Crippen LogP contribution in [0.25, 0.3) is 11.2 Å². The predicted octanol–water partition coefficient (Wildman–Crippen LogP) is -2.18. The topological polar surface area (TPSA) is 299 Å². The van der Waals surface area contributed by atoms with Crippen molar-refractivity contribution in [2.75, 3.05) is 31.6 Å². The Morgan fingerprint density at radius 3 is 2.35 bits per heavy atom. The Kier molecular flexibility index (Phi) is 12.1. The monoisotopic (exact) mass is 652 g/mol. The molecule has 0 aromatic carbocycles. The fourth-order valence-electron chi connectivity index (χ4n) is 3.90. The highest BCUT2D eigenvalue weighted by atomic mass is 16.6. The van der Waals surface area contributed by atoms with E-state index in [-0.39, 0.29) is 30.0 Å². The lowest BCUT2D eigenvalue weighted by molar-refractivity contribution is -0.151. The number of imidazole rings is 1. The number of carbonyl (C=O) groups is 7. The standard InChI is InChI=1S/C25H32N8O13/c1-11(2)22(41)31-24-30-21-20(23(42)32-24)29-10-33(21)16-5-12(46-25(43)28-6-15(35)27-8-18(38)39)13(45-16)9-44-19(40)4-3-14(34)26-7-17(36)37/h10-13,16H,3-9H2,1-2H3,(H,26,34)(H,27,35)(H,28,43)(H,36,37)(H,38,39)(H2,30,31,32,41,42). The van der Waals surface area contributed by atoms with E-state index in [1.807, 2.05) is 0 Å². The molecule has 0 spiro atoms. The van der Waals surface area contributed by atoms with E-state index in [4.69, 9.17) is 24.4 Å². The Hall–Kier alpha value is -5.60. The molecule has 0 radical (unpaired) electrons. The Labute approximate surface area is 258 Å². The van der Waals surface area contributed by atoms with E-state index in [1.54, 1.807) is 13.8 Å². The number of nitrogens with zero attached hydrogens (tertiary/aromatic N) is 3. The number of aromatic nitrogens is 4. The van der Waals surface area contributed by atoms with Crippen LogP contribution in [-0.4, -0.2) is 110 Å². The molecule has 21 nitrogen and oxygen atoms in total. The number of H-pyrrole nitrogens is 1. The number of hydrogen-bond acceptors (Lipinski definition) is 13. The van der Waals surface area contributed by atoms with Gasteiger partial charge in [0.1, 0.15) is 44.7 Å². The number of aliphatic carboxylic acids is 2. The van der Waals surface area contributed by atoms with Gasteiger partial charge in [0.15, 0.2) is 11.2 Å². The molecule has 0 saturated carbocycles. The van der Waals surface area contributed by atoms with Crippen LogP contribution in [0, 0.1) is 5.92 Å². The number of nitrogens with one attached hydrogen (secondary N) is 5. The minimum atomic E-state index is -1.29. The lowest BCUT2D eigenvalue weighted by atomic mass is 10.2. The summed E-state index contributed by atoms with van der Waals surface area (Å²) in [6.45, 7) is 0.907. The van der Waals surface area contributed by atoms with Gasteiger partial charge in [0.2, 0.25) is 23.7 Å². The number of carboxylic acid groups (broad SMARTS) is 2. The fraction of sp³-hybridized carbons (Fsp3) is 0.520. The molecular weight excluding hydrogens is 620 g/mol. The van der Waals surface area contributed by atoms with E-state index in [9.17, 15) is 38.4 Å². The highest BCUT2D eigenvalue weighted by Gasteiger charge is 2.40. The average molecular weight is 653 g/mol. The van der Waals surface area contributed by atoms with Crippen LogP contribution in [0.1, 0.15) is 39.3 Å². The van der Waals surface area contributed by atoms with Crippen molar-refractivity contribution < 1.29 is 58.0 Å². The molecule has 2 aromatic heterocycles. The van der Waals surface area contributed by atoms with Gasteiger partial charge in [-0.1, -0.05) is 13.8 Å². The van der Waals surface area contributed by atoms with Crippen molar-refractivity contribution in [3.8, 4) is 0 Å². The molecule has 46 heavy (non-hydrogen) atoms. The summed E-state index contributed by atoms with van der Waals surface area (Å²) in [6, 6.07) is 0. The lowest BCUT2D eigenvalue weighted by Crippen LogP contribution is -2.41. The highest BCUT2D eigenvalue weighted by molar-refractivity contribution is 5.91. The van der Waals surface area contributed by atoms with Gasteiger partial charge in [-0.25, -0.2) is 9.78 Å². The van der Waals surface area contributed by atoms with Crippen LogP contribution >= 0.6 is 0 Å². The van der Waals surface area contributed by atoms with Gasteiger partial charge >= 0.3 is 24.0 Å². The molecule has 1 fully saturated rings. The number of esters is 1. The number of rotatable bonds is 15. The first-order valence-electron chi connectivity index (χ1n) is 13.7. The number of anilines is 1. The van der Waals surface area contributed by atoms with Gasteiger partial charge in [0.05, 0.1) is 12.7 Å². The smallest absolute Gasteiger partial charge is 0.407 e. The van der Waals surface area contributed by atoms with Crippen LogP contribution in [0.5, 0.6) is 0 Å². The van der Waals surface area contributed by atoms with Crippen molar-refractivity contribution in [2.45, 2.75) is 51.5 Å². The number of fused-ring (bicyclic) bond motifs is 1. The third kappa shape index (κ3) is 10.2. The molecule has 3 unspecified atom stereocenters. The van der Waals surface area contributed by atoms with Crippen LogP contribution in [0.2, 0.25) is 0 Å². The molecular formula is C25H32N8O13. The summed E-state index contributed by atoms with van der Waals surface area (Å²) in [7, 11) is 0. The Morgan fingerprint density at radius 2 is 1.70 bits per heavy atom. The van der Waals surface area contributed by atoms with E-state index in [0.29, 0.717) is 0 Å². The molecule has 3 rings (SSSR count). The predicted molar refractivity (Wildman–Crippen MR) is 150 cm³/mol. The maximum Gasteiger partial charge on any atom is 0.407 e. The second-order valence-electron chi connectivity index (χ2n) is 10.1. The molecule has 4 amide bonds. The molecule has 250 valence electrons. The van der Waals surface area contributed by atoms with Crippen molar-refractivity contribution >= 4 is 58.8 Å². The zero-order valence-electron chi connectivity index (χ0n) is 24.6. The first kappa shape index (κ1) is 34.9. The zero-order chi connectivity index (χ0) is 34.0. The summed E-state index contributed by atoms with van der Waals surface area (Å²) in [6.07, 6.45) is -3.91. The van der Waals surface area contributed by atoms with E-state index < -0.39 is 104 Å². The lowest BCUT2D eigenvalue weighted by Gasteiger charge is -2.19.